The van der Waals surface area contributed by atoms with E-state index in [1.165, 1.54) is 30.7 Å². The summed E-state index contributed by atoms with van der Waals surface area (Å²) in [5.74, 6) is 1.59. The van der Waals surface area contributed by atoms with E-state index in [4.69, 9.17) is 18.6 Å². The molecule has 240 valence electrons. The van der Waals surface area contributed by atoms with Crippen LogP contribution >= 0.6 is 0 Å². The number of anilines is 1. The number of benzene rings is 3. The molecule has 0 aliphatic heterocycles. The number of ether oxygens (including phenoxy) is 2. The Hall–Kier alpha value is -3.49. The molecule has 0 saturated carbocycles. The van der Waals surface area contributed by atoms with Gasteiger partial charge < -0.3 is 19.7 Å². The first kappa shape index (κ1) is 35.0. The van der Waals surface area contributed by atoms with E-state index in [-0.39, 0.29) is 10.8 Å². The highest BCUT2D eigenvalue weighted by Gasteiger charge is 2.19. The number of aryl methyl sites for hydroxylation is 1. The predicted octanol–water partition coefficient (Wildman–Crippen LogP) is 5.82. The summed E-state index contributed by atoms with van der Waals surface area (Å²) in [5, 5.41) is 4.62. The first-order valence-electron chi connectivity index (χ1n) is 14.2. The van der Waals surface area contributed by atoms with Crippen LogP contribution in [0.3, 0.4) is 0 Å². The van der Waals surface area contributed by atoms with Gasteiger partial charge in [-0.3, -0.25) is 9.11 Å². The summed E-state index contributed by atoms with van der Waals surface area (Å²) in [7, 11) is -5.55. The third kappa shape index (κ3) is 8.57. The molecule has 0 bridgehead atoms. The zero-order valence-electron chi connectivity index (χ0n) is 25.9. The molecular formula is C31H41N3O8S2. The van der Waals surface area contributed by atoms with E-state index in [9.17, 15) is 16.8 Å². The number of hydrogen-bond donors (Lipinski definition) is 3. The second-order valence-corrected chi connectivity index (χ2v) is 13.1. The monoisotopic (exact) mass is 647 g/mol. The van der Waals surface area contributed by atoms with Gasteiger partial charge in [0.25, 0.3) is 20.2 Å². The quantitative estimate of drug-likeness (QED) is 0.159. The van der Waals surface area contributed by atoms with Gasteiger partial charge in [-0.15, -0.1) is 0 Å². The first-order chi connectivity index (χ1) is 20.7. The molecule has 0 aliphatic rings. The van der Waals surface area contributed by atoms with Crippen LogP contribution < -0.4 is 14.8 Å². The minimum Gasteiger partial charge on any atom is -0.494 e. The molecule has 3 N–H and O–H groups in total. The smallest absolute Gasteiger partial charge is 0.295 e. The van der Waals surface area contributed by atoms with Crippen molar-refractivity contribution in [2.75, 3.05) is 39.2 Å². The topological polar surface area (TPSA) is 155 Å². The molecule has 0 saturated heterocycles. The van der Waals surface area contributed by atoms with E-state index in [0.717, 1.165) is 72.0 Å². The number of nitrogens with one attached hydrogen (secondary N) is 1. The molecule has 4 rings (SSSR count). The largest absolute Gasteiger partial charge is 0.494 e. The average Bonchev–Trinajstić information content (AvgIpc) is 2.97. The van der Waals surface area contributed by atoms with Crippen molar-refractivity contribution >= 4 is 47.6 Å². The molecule has 3 aromatic carbocycles. The molecule has 0 aliphatic carbocycles. The van der Waals surface area contributed by atoms with Crippen molar-refractivity contribution in [3.63, 3.8) is 0 Å². The Morgan fingerprint density at radius 3 is 1.91 bits per heavy atom. The molecule has 0 spiro atoms. The third-order valence-electron chi connectivity index (χ3n) is 7.26. The summed E-state index contributed by atoms with van der Waals surface area (Å²) in [6, 6.07) is 13.9. The molecule has 13 heteroatoms. The fourth-order valence-corrected chi connectivity index (χ4v) is 6.43. The van der Waals surface area contributed by atoms with Crippen LogP contribution in [0.1, 0.15) is 39.3 Å². The summed E-state index contributed by atoms with van der Waals surface area (Å²) in [5.41, 5.74) is 2.75. The lowest BCUT2D eigenvalue weighted by Crippen LogP contribution is -2.25. The molecule has 1 heterocycles. The molecule has 1 aromatic heterocycles. The summed E-state index contributed by atoms with van der Waals surface area (Å²) in [6.07, 6.45) is 2.27. The lowest BCUT2D eigenvalue weighted by molar-refractivity contribution is 0.295. The highest BCUT2D eigenvalue weighted by Crippen LogP contribution is 2.39. The molecular weight excluding hydrogens is 606 g/mol. The SMILES string of the molecule is CCN(CC)CCCC(C)Nc1cc(OC)c2nc(C)ccc2c1OC.O=S(=O)(O)c1cccc2c(S(=O)(=O)O)cccc12. The number of rotatable bonds is 12. The molecule has 11 nitrogen and oxygen atoms in total. The van der Waals surface area contributed by atoms with Gasteiger partial charge in [0.05, 0.1) is 19.9 Å². The standard InChI is InChI=1S/C21H33N3O2.C10H8O6S2/c1-7-24(8-2)13-9-10-15(3)22-18-14-19(25-5)20-17(21(18)26-6)12-11-16(4)23-20;11-17(12,13)9-5-1-3-7-8(9)4-2-6-10(7)18(14,15)16/h11-12,14-15,22H,7-10,13H2,1-6H3;1-6H,(H,11,12,13)(H,14,15,16). The maximum absolute atomic E-state index is 11.2. The Morgan fingerprint density at radius 1 is 0.864 bits per heavy atom. The predicted molar refractivity (Wildman–Crippen MR) is 173 cm³/mol. The van der Waals surface area contributed by atoms with Gasteiger partial charge in [-0.25, -0.2) is 4.98 Å². The van der Waals surface area contributed by atoms with Crippen molar-refractivity contribution in [1.29, 1.82) is 0 Å². The maximum atomic E-state index is 11.2. The van der Waals surface area contributed by atoms with E-state index in [2.05, 4.69) is 42.0 Å². The number of aromatic nitrogens is 1. The van der Waals surface area contributed by atoms with Gasteiger partial charge in [0.2, 0.25) is 0 Å². The van der Waals surface area contributed by atoms with Gasteiger partial charge in [0.1, 0.15) is 21.1 Å². The van der Waals surface area contributed by atoms with Gasteiger partial charge in [0.15, 0.2) is 5.75 Å². The molecule has 4 aromatic rings. The fraction of sp³-hybridized carbons (Fsp3) is 0.387. The molecule has 1 unspecified atom stereocenters. The van der Waals surface area contributed by atoms with E-state index >= 15 is 0 Å². The third-order valence-corrected chi connectivity index (χ3v) is 9.09. The Kier molecular flexibility index (Phi) is 11.9. The second-order valence-electron chi connectivity index (χ2n) is 10.3. The summed E-state index contributed by atoms with van der Waals surface area (Å²) < 4.78 is 74.0. The van der Waals surface area contributed by atoms with Crippen LogP contribution in [0, 0.1) is 6.92 Å². The summed E-state index contributed by atoms with van der Waals surface area (Å²) in [6.45, 7) is 12.0. The summed E-state index contributed by atoms with van der Waals surface area (Å²) >= 11 is 0. The van der Waals surface area contributed by atoms with Crippen LogP contribution in [0.5, 0.6) is 11.5 Å². The highest BCUT2D eigenvalue weighted by atomic mass is 32.2. The van der Waals surface area contributed by atoms with Crippen LogP contribution in [0.2, 0.25) is 0 Å². The van der Waals surface area contributed by atoms with Crippen LogP contribution in [-0.4, -0.2) is 75.7 Å². The van der Waals surface area contributed by atoms with Gasteiger partial charge in [0, 0.05) is 34.0 Å². The van der Waals surface area contributed by atoms with Crippen molar-refractivity contribution in [1.82, 2.24) is 9.88 Å². The number of methoxy groups -OCH3 is 2. The van der Waals surface area contributed by atoms with Crippen molar-refractivity contribution in [3.8, 4) is 11.5 Å². The first-order valence-corrected chi connectivity index (χ1v) is 17.1. The Labute approximate surface area is 259 Å². The second kappa shape index (κ2) is 15.0. The normalized spacial score (nSPS) is 12.6. The van der Waals surface area contributed by atoms with Gasteiger partial charge in [-0.2, -0.15) is 16.8 Å². The van der Waals surface area contributed by atoms with Gasteiger partial charge in [-0.05, 0) is 70.6 Å². The molecule has 0 fully saturated rings. The van der Waals surface area contributed by atoms with Crippen LogP contribution in [0.15, 0.2) is 64.4 Å². The molecule has 0 radical (unpaired) electrons. The highest BCUT2D eigenvalue weighted by molar-refractivity contribution is 7.86. The number of hydrogen-bond acceptors (Lipinski definition) is 9. The average molecular weight is 648 g/mol. The van der Waals surface area contributed by atoms with E-state index < -0.39 is 30.0 Å². The zero-order valence-corrected chi connectivity index (χ0v) is 27.5. The van der Waals surface area contributed by atoms with Crippen molar-refractivity contribution in [2.24, 2.45) is 0 Å². The van der Waals surface area contributed by atoms with Gasteiger partial charge >= 0.3 is 0 Å². The maximum Gasteiger partial charge on any atom is 0.295 e. The van der Waals surface area contributed by atoms with E-state index in [0.29, 0.717) is 6.04 Å². The number of pyridine rings is 1. The Bertz CT molecular complexity index is 1740. The van der Waals surface area contributed by atoms with E-state index in [1.807, 2.05) is 19.1 Å². The molecule has 1 atom stereocenters. The lowest BCUT2D eigenvalue weighted by atomic mass is 10.1. The van der Waals surface area contributed by atoms with Gasteiger partial charge in [-0.1, -0.05) is 38.1 Å². The van der Waals surface area contributed by atoms with Crippen LogP contribution in [-0.2, 0) is 20.2 Å². The van der Waals surface area contributed by atoms with E-state index in [1.54, 1.807) is 14.2 Å². The minimum absolute atomic E-state index is 0.0233. The number of fused-ring (bicyclic) bond motifs is 2. The Balaban J connectivity index is 0.000000257. The zero-order chi connectivity index (χ0) is 32.7. The molecule has 0 amide bonds. The van der Waals surface area contributed by atoms with Crippen molar-refractivity contribution < 1.29 is 35.4 Å². The Morgan fingerprint density at radius 2 is 1.43 bits per heavy atom. The number of nitrogens with zero attached hydrogens (tertiary/aromatic N) is 2. The van der Waals surface area contributed by atoms with Crippen LogP contribution in [0.4, 0.5) is 5.69 Å². The molecule has 44 heavy (non-hydrogen) atoms. The minimum atomic E-state index is -4.47. The summed E-state index contributed by atoms with van der Waals surface area (Å²) in [4.78, 5) is 6.26. The fourth-order valence-electron chi connectivity index (χ4n) is 5.02. The lowest BCUT2D eigenvalue weighted by Gasteiger charge is -2.22. The van der Waals surface area contributed by atoms with Crippen molar-refractivity contribution in [2.45, 2.75) is 56.4 Å². The van der Waals surface area contributed by atoms with Crippen molar-refractivity contribution in [3.05, 3.63) is 60.3 Å². The van der Waals surface area contributed by atoms with Crippen LogP contribution in [0.25, 0.3) is 21.7 Å².